The Morgan fingerprint density at radius 3 is 2.54 bits per heavy atom. The third kappa shape index (κ3) is 4.80. The molecule has 0 bridgehead atoms. The first-order valence-electron chi connectivity index (χ1n) is 8.06. The summed E-state index contributed by atoms with van der Waals surface area (Å²) in [5, 5.41) is 3.17. The first-order valence-corrected chi connectivity index (χ1v) is 8.47. The lowest BCUT2D eigenvalue weighted by Gasteiger charge is -2.23. The second-order valence-corrected chi connectivity index (χ2v) is 5.60. The van der Waals surface area contributed by atoms with Crippen LogP contribution in [0.1, 0.15) is 30.6 Å². The van der Waals surface area contributed by atoms with E-state index in [1.54, 1.807) is 18.2 Å². The molecule has 0 aliphatic heterocycles. The second-order valence-electron chi connectivity index (χ2n) is 5.22. The molecular weight excluding hydrogens is 320 g/mol. The number of rotatable bonds is 6. The fourth-order valence-electron chi connectivity index (χ4n) is 2.24. The summed E-state index contributed by atoms with van der Waals surface area (Å²) < 4.78 is 5.57. The maximum absolute atomic E-state index is 12.5. The molecule has 0 fully saturated rings. The largest absolute Gasteiger partial charge is 0.494 e. The van der Waals surface area contributed by atoms with Crippen LogP contribution in [0.5, 0.6) is 5.75 Å². The number of nitrogens with zero attached hydrogens (tertiary/aromatic N) is 1. The van der Waals surface area contributed by atoms with Crippen molar-refractivity contribution < 1.29 is 9.53 Å². The molecule has 0 saturated carbocycles. The van der Waals surface area contributed by atoms with Gasteiger partial charge in [0.2, 0.25) is 0 Å². The number of thiocarbonyl (C=S) groups is 1. The molecule has 0 saturated heterocycles. The summed E-state index contributed by atoms with van der Waals surface area (Å²) in [6, 6.07) is 16.9. The van der Waals surface area contributed by atoms with Gasteiger partial charge in [-0.1, -0.05) is 31.2 Å². The Hall–Kier alpha value is -2.40. The van der Waals surface area contributed by atoms with Gasteiger partial charge in [-0.2, -0.15) is 0 Å². The number of ether oxygens (including phenoxy) is 1. The standard InChI is InChI=1S/C19H22N2O2S/c1-3-13-23-17-12-8-9-15(14-17)18(22)20-19(24)21(4-2)16-10-6-5-7-11-16/h5-12,14H,3-4,13H2,1-2H3,(H,20,22,24). The van der Waals surface area contributed by atoms with Crippen molar-refractivity contribution >= 4 is 28.9 Å². The molecule has 0 aliphatic carbocycles. The summed E-state index contributed by atoms with van der Waals surface area (Å²) >= 11 is 5.40. The Labute approximate surface area is 148 Å². The van der Waals surface area contributed by atoms with Crippen LogP contribution in [-0.4, -0.2) is 24.2 Å². The number of benzene rings is 2. The molecule has 0 atom stereocenters. The number of hydrogen-bond donors (Lipinski definition) is 1. The lowest BCUT2D eigenvalue weighted by Crippen LogP contribution is -2.42. The van der Waals surface area contributed by atoms with E-state index in [2.05, 4.69) is 5.32 Å². The summed E-state index contributed by atoms with van der Waals surface area (Å²) in [4.78, 5) is 14.3. The number of carbonyl (C=O) groups excluding carboxylic acids is 1. The zero-order chi connectivity index (χ0) is 17.4. The van der Waals surface area contributed by atoms with Gasteiger partial charge >= 0.3 is 0 Å². The number of hydrogen-bond acceptors (Lipinski definition) is 3. The van der Waals surface area contributed by atoms with Crippen molar-refractivity contribution in [3.8, 4) is 5.75 Å². The van der Waals surface area contributed by atoms with Gasteiger partial charge in [0.1, 0.15) is 5.75 Å². The summed E-state index contributed by atoms with van der Waals surface area (Å²) in [5.41, 5.74) is 1.47. The molecule has 0 spiro atoms. The summed E-state index contributed by atoms with van der Waals surface area (Å²) in [6.45, 7) is 5.33. The maximum atomic E-state index is 12.5. The first-order chi connectivity index (χ1) is 11.7. The van der Waals surface area contributed by atoms with Gasteiger partial charge in [0.05, 0.1) is 6.61 Å². The van der Waals surface area contributed by atoms with Crippen LogP contribution in [0.4, 0.5) is 5.69 Å². The Morgan fingerprint density at radius 2 is 1.88 bits per heavy atom. The van der Waals surface area contributed by atoms with Crippen LogP contribution in [0.2, 0.25) is 0 Å². The molecule has 1 N–H and O–H groups in total. The van der Waals surface area contributed by atoms with Crippen LogP contribution in [0.3, 0.4) is 0 Å². The zero-order valence-electron chi connectivity index (χ0n) is 14.0. The second kappa shape index (κ2) is 9.03. The van der Waals surface area contributed by atoms with Crippen molar-refractivity contribution in [3.63, 3.8) is 0 Å². The minimum absolute atomic E-state index is 0.240. The predicted molar refractivity (Wildman–Crippen MR) is 102 cm³/mol. The summed E-state index contributed by atoms with van der Waals surface area (Å²) in [7, 11) is 0. The van der Waals surface area contributed by atoms with Gasteiger partial charge in [-0.05, 0) is 55.9 Å². The number of anilines is 1. The third-order valence-electron chi connectivity index (χ3n) is 3.42. The van der Waals surface area contributed by atoms with Gasteiger partial charge in [-0.25, -0.2) is 0 Å². The molecule has 0 heterocycles. The fraction of sp³-hybridized carbons (Fsp3) is 0.263. The van der Waals surface area contributed by atoms with E-state index in [0.29, 0.717) is 29.6 Å². The molecule has 1 amide bonds. The Morgan fingerprint density at radius 1 is 1.12 bits per heavy atom. The van der Waals surface area contributed by atoms with Crippen molar-refractivity contribution in [2.45, 2.75) is 20.3 Å². The quantitative estimate of drug-likeness (QED) is 0.805. The van der Waals surface area contributed by atoms with E-state index in [4.69, 9.17) is 17.0 Å². The molecule has 0 aliphatic rings. The zero-order valence-corrected chi connectivity index (χ0v) is 14.8. The number of nitrogens with one attached hydrogen (secondary N) is 1. The minimum Gasteiger partial charge on any atom is -0.494 e. The first kappa shape index (κ1) is 17.9. The Kier molecular flexibility index (Phi) is 6.75. The van der Waals surface area contributed by atoms with Crippen LogP contribution in [-0.2, 0) is 0 Å². The van der Waals surface area contributed by atoms with Gasteiger partial charge < -0.3 is 9.64 Å². The average molecular weight is 342 g/mol. The monoisotopic (exact) mass is 342 g/mol. The topological polar surface area (TPSA) is 41.6 Å². The number of amides is 1. The molecule has 24 heavy (non-hydrogen) atoms. The molecule has 0 aromatic heterocycles. The highest BCUT2D eigenvalue weighted by atomic mass is 32.1. The van der Waals surface area contributed by atoms with Gasteiger partial charge in [0, 0.05) is 17.8 Å². The molecule has 4 nitrogen and oxygen atoms in total. The van der Waals surface area contributed by atoms with E-state index in [1.165, 1.54) is 0 Å². The highest BCUT2D eigenvalue weighted by Crippen LogP contribution is 2.15. The number of para-hydroxylation sites is 1. The molecular formula is C19H22N2O2S. The molecule has 2 rings (SSSR count). The van der Waals surface area contributed by atoms with Gasteiger partial charge in [-0.3, -0.25) is 10.1 Å². The molecule has 126 valence electrons. The maximum Gasteiger partial charge on any atom is 0.257 e. The fourth-order valence-corrected chi connectivity index (χ4v) is 2.56. The van der Waals surface area contributed by atoms with Crippen molar-refractivity contribution in [3.05, 3.63) is 60.2 Å². The number of carbonyl (C=O) groups is 1. The Bertz CT molecular complexity index is 689. The van der Waals surface area contributed by atoms with Crippen LogP contribution in [0, 0.1) is 0 Å². The van der Waals surface area contributed by atoms with E-state index in [1.807, 2.05) is 55.1 Å². The molecule has 0 unspecified atom stereocenters. The van der Waals surface area contributed by atoms with Gasteiger partial charge in [0.15, 0.2) is 5.11 Å². The van der Waals surface area contributed by atoms with Crippen LogP contribution < -0.4 is 15.0 Å². The minimum atomic E-state index is -0.240. The van der Waals surface area contributed by atoms with E-state index < -0.39 is 0 Å². The SMILES string of the molecule is CCCOc1cccc(C(=O)NC(=S)N(CC)c2ccccc2)c1. The molecule has 5 heteroatoms. The van der Waals surface area contributed by atoms with E-state index in [9.17, 15) is 4.79 Å². The van der Waals surface area contributed by atoms with Crippen LogP contribution in [0.15, 0.2) is 54.6 Å². The van der Waals surface area contributed by atoms with E-state index >= 15 is 0 Å². The highest BCUT2D eigenvalue weighted by Gasteiger charge is 2.14. The van der Waals surface area contributed by atoms with Gasteiger partial charge in [-0.15, -0.1) is 0 Å². The van der Waals surface area contributed by atoms with Crippen molar-refractivity contribution in [2.75, 3.05) is 18.1 Å². The van der Waals surface area contributed by atoms with Crippen LogP contribution >= 0.6 is 12.2 Å². The van der Waals surface area contributed by atoms with E-state index in [0.717, 1.165) is 12.1 Å². The molecule has 2 aromatic carbocycles. The highest BCUT2D eigenvalue weighted by molar-refractivity contribution is 7.80. The van der Waals surface area contributed by atoms with Gasteiger partial charge in [0.25, 0.3) is 5.91 Å². The lowest BCUT2D eigenvalue weighted by molar-refractivity contribution is 0.0976. The third-order valence-corrected chi connectivity index (χ3v) is 3.74. The summed E-state index contributed by atoms with van der Waals surface area (Å²) in [6.07, 6.45) is 0.920. The van der Waals surface area contributed by atoms with Crippen LogP contribution in [0.25, 0.3) is 0 Å². The summed E-state index contributed by atoms with van der Waals surface area (Å²) in [5.74, 6) is 0.446. The van der Waals surface area contributed by atoms with Crippen molar-refractivity contribution in [1.29, 1.82) is 0 Å². The molecule has 0 radical (unpaired) electrons. The van der Waals surface area contributed by atoms with E-state index in [-0.39, 0.29) is 5.91 Å². The predicted octanol–water partition coefficient (Wildman–Crippen LogP) is 4.02. The lowest BCUT2D eigenvalue weighted by atomic mass is 10.2. The normalized spacial score (nSPS) is 10.1. The molecule has 2 aromatic rings. The smallest absolute Gasteiger partial charge is 0.257 e. The van der Waals surface area contributed by atoms with Crippen molar-refractivity contribution in [2.24, 2.45) is 0 Å². The average Bonchev–Trinajstić information content (AvgIpc) is 2.61. The van der Waals surface area contributed by atoms with Crippen molar-refractivity contribution in [1.82, 2.24) is 5.32 Å². The Balaban J connectivity index is 2.06.